The van der Waals surface area contributed by atoms with Crippen molar-refractivity contribution in [1.29, 1.82) is 0 Å². The third-order valence-corrected chi connectivity index (χ3v) is 7.87. The van der Waals surface area contributed by atoms with Crippen LogP contribution in [0.5, 0.6) is 0 Å². The van der Waals surface area contributed by atoms with Gasteiger partial charge in [0.05, 0.1) is 26.4 Å². The predicted molar refractivity (Wildman–Crippen MR) is 123 cm³/mol. The van der Waals surface area contributed by atoms with Crippen molar-refractivity contribution in [2.45, 2.75) is 44.0 Å². The number of fused-ring (bicyclic) bond motifs is 1. The minimum Gasteiger partial charge on any atom is -0.339 e. The summed E-state index contributed by atoms with van der Waals surface area (Å²) in [6.45, 7) is 3.76. The van der Waals surface area contributed by atoms with Crippen molar-refractivity contribution in [3.63, 3.8) is 0 Å². The summed E-state index contributed by atoms with van der Waals surface area (Å²) in [4.78, 5) is 26.9. The van der Waals surface area contributed by atoms with E-state index < -0.39 is 10.0 Å². The van der Waals surface area contributed by atoms with Gasteiger partial charge in [0.25, 0.3) is 15.9 Å². The van der Waals surface area contributed by atoms with E-state index in [9.17, 15) is 18.0 Å². The third-order valence-electron chi connectivity index (χ3n) is 5.56. The minimum absolute atomic E-state index is 0.0570. The third kappa shape index (κ3) is 4.38. The maximum atomic E-state index is 13.1. The average Bonchev–Trinajstić information content (AvgIpc) is 2.91. The number of nitrogens with one attached hydrogen (secondary N) is 1. The van der Waals surface area contributed by atoms with Gasteiger partial charge in [0.1, 0.15) is 0 Å². The first-order valence-corrected chi connectivity index (χ1v) is 12.7. The largest absolute Gasteiger partial charge is 0.339 e. The van der Waals surface area contributed by atoms with E-state index in [0.29, 0.717) is 35.4 Å². The number of thiazole rings is 1. The van der Waals surface area contributed by atoms with Gasteiger partial charge >= 0.3 is 4.87 Å². The van der Waals surface area contributed by atoms with E-state index in [-0.39, 0.29) is 21.4 Å². The number of likely N-dealkylation sites (tertiary alicyclic amines) is 1. The summed E-state index contributed by atoms with van der Waals surface area (Å²) >= 11 is 1.02. The monoisotopic (exact) mass is 459 g/mol. The van der Waals surface area contributed by atoms with Crippen LogP contribution in [0.3, 0.4) is 0 Å². The normalized spacial score (nSPS) is 15.1. The summed E-state index contributed by atoms with van der Waals surface area (Å²) in [6, 6.07) is 11.3. The first-order chi connectivity index (χ1) is 14.9. The highest BCUT2D eigenvalue weighted by atomic mass is 32.2. The molecule has 7 nitrogen and oxygen atoms in total. The second kappa shape index (κ2) is 8.84. The fourth-order valence-electron chi connectivity index (χ4n) is 3.92. The van der Waals surface area contributed by atoms with Crippen LogP contribution in [0.4, 0.5) is 5.69 Å². The maximum Gasteiger partial charge on any atom is 0.308 e. The molecule has 1 fully saturated rings. The van der Waals surface area contributed by atoms with Gasteiger partial charge < -0.3 is 4.90 Å². The van der Waals surface area contributed by atoms with Crippen LogP contribution in [0.15, 0.2) is 52.2 Å². The van der Waals surface area contributed by atoms with Gasteiger partial charge in [-0.1, -0.05) is 36.3 Å². The van der Waals surface area contributed by atoms with Crippen LogP contribution < -0.4 is 9.60 Å². The Bertz CT molecular complexity index is 1270. The SMILES string of the molecule is CCn1c(=O)sc2cc(S(=O)(=O)Nc3ccccc3C(=O)N3CCCCCC3)ccc21. The first kappa shape index (κ1) is 21.6. The average molecular weight is 460 g/mol. The molecule has 1 aliphatic rings. The Hall–Kier alpha value is -2.65. The Morgan fingerprint density at radius 1 is 1.06 bits per heavy atom. The highest BCUT2D eigenvalue weighted by Gasteiger charge is 2.23. The zero-order valence-corrected chi connectivity index (χ0v) is 19.0. The Balaban J connectivity index is 1.65. The zero-order chi connectivity index (χ0) is 22.0. The number of carbonyl (C=O) groups is 1. The predicted octanol–water partition coefficient (Wildman–Crippen LogP) is 3.90. The van der Waals surface area contributed by atoms with Crippen molar-refractivity contribution in [3.8, 4) is 0 Å². The summed E-state index contributed by atoms with van der Waals surface area (Å²) in [6.07, 6.45) is 4.12. The molecule has 0 unspecified atom stereocenters. The fraction of sp³-hybridized carbons (Fsp3) is 0.364. The molecule has 3 aromatic rings. The molecular weight excluding hydrogens is 434 g/mol. The second-order valence-electron chi connectivity index (χ2n) is 7.60. The van der Waals surface area contributed by atoms with E-state index in [2.05, 4.69) is 4.72 Å². The van der Waals surface area contributed by atoms with E-state index in [0.717, 1.165) is 37.0 Å². The molecule has 1 aromatic heterocycles. The van der Waals surface area contributed by atoms with Crippen LogP contribution in [0.25, 0.3) is 10.2 Å². The molecule has 2 aromatic carbocycles. The van der Waals surface area contributed by atoms with Crippen LogP contribution in [0.1, 0.15) is 43.0 Å². The van der Waals surface area contributed by atoms with Gasteiger partial charge in [0, 0.05) is 19.6 Å². The molecule has 164 valence electrons. The van der Waals surface area contributed by atoms with Crippen molar-refractivity contribution in [2.24, 2.45) is 0 Å². The molecule has 0 aliphatic carbocycles. The molecule has 1 N–H and O–H groups in total. The molecule has 31 heavy (non-hydrogen) atoms. The number of hydrogen-bond acceptors (Lipinski definition) is 5. The topological polar surface area (TPSA) is 88.5 Å². The molecule has 0 radical (unpaired) electrons. The lowest BCUT2D eigenvalue weighted by Gasteiger charge is -2.22. The lowest BCUT2D eigenvalue weighted by Crippen LogP contribution is -2.32. The number of carbonyl (C=O) groups excluding carboxylic acids is 1. The molecule has 1 aliphatic heterocycles. The van der Waals surface area contributed by atoms with E-state index in [1.54, 1.807) is 39.8 Å². The fourth-order valence-corrected chi connectivity index (χ4v) is 6.09. The van der Waals surface area contributed by atoms with Crippen molar-refractivity contribution < 1.29 is 13.2 Å². The number of aromatic nitrogens is 1. The molecule has 9 heteroatoms. The number of anilines is 1. The Morgan fingerprint density at radius 3 is 2.48 bits per heavy atom. The molecular formula is C22H25N3O4S2. The van der Waals surface area contributed by atoms with Crippen LogP contribution in [0.2, 0.25) is 0 Å². The van der Waals surface area contributed by atoms with Crippen LogP contribution in [0, 0.1) is 0 Å². The summed E-state index contributed by atoms with van der Waals surface area (Å²) in [5.74, 6) is -0.158. The van der Waals surface area contributed by atoms with E-state index in [1.165, 1.54) is 12.1 Å². The van der Waals surface area contributed by atoms with E-state index in [1.807, 2.05) is 6.92 Å². The van der Waals surface area contributed by atoms with Gasteiger partial charge in [-0.2, -0.15) is 0 Å². The Labute approximate surface area is 185 Å². The summed E-state index contributed by atoms with van der Waals surface area (Å²) in [7, 11) is -3.93. The lowest BCUT2D eigenvalue weighted by molar-refractivity contribution is 0.0762. The van der Waals surface area contributed by atoms with Crippen molar-refractivity contribution in [2.75, 3.05) is 17.8 Å². The second-order valence-corrected chi connectivity index (χ2v) is 10.3. The molecule has 2 heterocycles. The number of aryl methyl sites for hydroxylation is 1. The number of amides is 1. The van der Waals surface area contributed by atoms with Crippen molar-refractivity contribution in [1.82, 2.24) is 9.47 Å². The van der Waals surface area contributed by atoms with E-state index >= 15 is 0 Å². The highest BCUT2D eigenvalue weighted by Crippen LogP contribution is 2.26. The Kier molecular flexibility index (Phi) is 6.15. The number of benzene rings is 2. The first-order valence-electron chi connectivity index (χ1n) is 10.5. The molecule has 4 rings (SSSR count). The molecule has 0 atom stereocenters. The summed E-state index contributed by atoms with van der Waals surface area (Å²) in [5.41, 5.74) is 1.32. The smallest absolute Gasteiger partial charge is 0.308 e. The highest BCUT2D eigenvalue weighted by molar-refractivity contribution is 7.92. The number of sulfonamides is 1. The number of para-hydroxylation sites is 1. The Morgan fingerprint density at radius 2 is 1.77 bits per heavy atom. The van der Waals surface area contributed by atoms with Crippen LogP contribution >= 0.6 is 11.3 Å². The van der Waals surface area contributed by atoms with Gasteiger partial charge in [-0.25, -0.2) is 8.42 Å². The number of nitrogens with zero attached hydrogens (tertiary/aromatic N) is 2. The van der Waals surface area contributed by atoms with Gasteiger partial charge in [-0.3, -0.25) is 18.9 Å². The zero-order valence-electron chi connectivity index (χ0n) is 17.3. The summed E-state index contributed by atoms with van der Waals surface area (Å²) in [5, 5.41) is 0. The number of rotatable bonds is 5. The van der Waals surface area contributed by atoms with Crippen molar-refractivity contribution in [3.05, 3.63) is 57.7 Å². The van der Waals surface area contributed by atoms with Gasteiger partial charge in [-0.15, -0.1) is 0 Å². The molecule has 1 saturated heterocycles. The standard InChI is InChI=1S/C22H25N3O4S2/c1-2-25-19-12-11-16(15-20(19)30-22(25)27)31(28,29)23-18-10-6-5-9-17(18)21(26)24-13-7-3-4-8-14-24/h5-6,9-12,15,23H,2-4,7-8,13-14H2,1H3. The van der Waals surface area contributed by atoms with Crippen LogP contribution in [-0.4, -0.2) is 36.9 Å². The maximum absolute atomic E-state index is 13.1. The number of hydrogen-bond donors (Lipinski definition) is 1. The van der Waals surface area contributed by atoms with Crippen LogP contribution in [-0.2, 0) is 16.6 Å². The summed E-state index contributed by atoms with van der Waals surface area (Å²) < 4.78 is 31.0. The molecule has 0 bridgehead atoms. The van der Waals surface area contributed by atoms with Gasteiger partial charge in [-0.05, 0) is 50.1 Å². The minimum atomic E-state index is -3.93. The molecule has 0 saturated carbocycles. The lowest BCUT2D eigenvalue weighted by atomic mass is 10.1. The van der Waals surface area contributed by atoms with Gasteiger partial charge in [0.2, 0.25) is 0 Å². The van der Waals surface area contributed by atoms with Gasteiger partial charge in [0.15, 0.2) is 0 Å². The molecule has 0 spiro atoms. The molecule has 1 amide bonds. The van der Waals surface area contributed by atoms with E-state index in [4.69, 9.17) is 0 Å². The van der Waals surface area contributed by atoms with Crippen molar-refractivity contribution >= 4 is 43.2 Å². The quantitative estimate of drug-likeness (QED) is 0.627.